The molecule has 3 aromatic rings. The van der Waals surface area contributed by atoms with Gasteiger partial charge in [-0.3, -0.25) is 9.79 Å². The molecule has 0 N–H and O–H groups in total. The first-order chi connectivity index (χ1) is 13.1. The molecule has 1 heterocycles. The van der Waals surface area contributed by atoms with Crippen molar-refractivity contribution in [1.82, 2.24) is 0 Å². The molecular formula is C23H19ClN2O. The molecule has 1 amide bonds. The van der Waals surface area contributed by atoms with E-state index in [1.165, 1.54) is 5.56 Å². The van der Waals surface area contributed by atoms with Gasteiger partial charge in [0.1, 0.15) is 6.54 Å². The van der Waals surface area contributed by atoms with E-state index in [0.29, 0.717) is 11.6 Å². The van der Waals surface area contributed by atoms with Crippen LogP contribution in [0.15, 0.2) is 77.8 Å². The second-order valence-electron chi connectivity index (χ2n) is 6.66. The zero-order chi connectivity index (χ0) is 18.8. The lowest BCUT2D eigenvalue weighted by atomic mass is 10.00. The molecule has 0 bridgehead atoms. The number of amides is 1. The molecule has 27 heavy (non-hydrogen) atoms. The molecule has 0 saturated carbocycles. The largest absolute Gasteiger partial charge is 0.306 e. The fourth-order valence-electron chi connectivity index (χ4n) is 3.39. The molecule has 0 fully saturated rings. The van der Waals surface area contributed by atoms with Gasteiger partial charge < -0.3 is 4.90 Å². The molecule has 4 rings (SSSR count). The van der Waals surface area contributed by atoms with Gasteiger partial charge >= 0.3 is 0 Å². The Hall–Kier alpha value is -2.91. The molecule has 134 valence electrons. The van der Waals surface area contributed by atoms with Gasteiger partial charge in [-0.25, -0.2) is 0 Å². The number of fused-ring (bicyclic) bond motifs is 1. The van der Waals surface area contributed by atoms with Gasteiger partial charge in [0.05, 0.1) is 17.9 Å². The van der Waals surface area contributed by atoms with Crippen LogP contribution in [0, 0.1) is 6.92 Å². The van der Waals surface area contributed by atoms with Gasteiger partial charge in [-0.05, 0) is 30.7 Å². The van der Waals surface area contributed by atoms with E-state index in [9.17, 15) is 4.79 Å². The average Bonchev–Trinajstić information content (AvgIpc) is 2.80. The molecule has 3 aromatic carbocycles. The van der Waals surface area contributed by atoms with Crippen LogP contribution in [0.4, 0.5) is 5.69 Å². The van der Waals surface area contributed by atoms with Gasteiger partial charge in [-0.15, -0.1) is 0 Å². The van der Waals surface area contributed by atoms with E-state index in [4.69, 9.17) is 11.6 Å². The Kier molecular flexibility index (Phi) is 4.78. The highest BCUT2D eigenvalue weighted by molar-refractivity contribution is 6.32. The molecule has 0 unspecified atom stereocenters. The first-order valence-electron chi connectivity index (χ1n) is 8.87. The number of benzene rings is 3. The number of hydrogen-bond donors (Lipinski definition) is 0. The minimum atomic E-state index is -0.0222. The maximum absolute atomic E-state index is 12.9. The van der Waals surface area contributed by atoms with E-state index in [0.717, 1.165) is 28.1 Å². The van der Waals surface area contributed by atoms with Gasteiger partial charge in [0.2, 0.25) is 5.91 Å². The van der Waals surface area contributed by atoms with Crippen LogP contribution in [0.1, 0.15) is 22.3 Å². The average molecular weight is 375 g/mol. The van der Waals surface area contributed by atoms with Gasteiger partial charge in [0.25, 0.3) is 0 Å². The van der Waals surface area contributed by atoms with Crippen LogP contribution in [0.5, 0.6) is 0 Å². The number of benzodiazepines with no additional fused rings is 1. The summed E-state index contributed by atoms with van der Waals surface area (Å²) in [7, 11) is 0. The van der Waals surface area contributed by atoms with Crippen molar-refractivity contribution in [3.05, 3.63) is 100 Å². The highest BCUT2D eigenvalue weighted by Gasteiger charge is 2.25. The number of carbonyl (C=O) groups excluding carboxylic acids is 1. The summed E-state index contributed by atoms with van der Waals surface area (Å²) in [6.45, 7) is 2.67. The third-order valence-electron chi connectivity index (χ3n) is 4.65. The van der Waals surface area contributed by atoms with Gasteiger partial charge in [-0.1, -0.05) is 71.8 Å². The summed E-state index contributed by atoms with van der Waals surface area (Å²) in [6.07, 6.45) is 0. The van der Waals surface area contributed by atoms with E-state index >= 15 is 0 Å². The van der Waals surface area contributed by atoms with Crippen molar-refractivity contribution in [3.8, 4) is 0 Å². The molecule has 1 aliphatic heterocycles. The number of halogens is 1. The predicted molar refractivity (Wildman–Crippen MR) is 111 cm³/mol. The predicted octanol–water partition coefficient (Wildman–Crippen LogP) is 5.03. The summed E-state index contributed by atoms with van der Waals surface area (Å²) in [5.41, 5.74) is 5.76. The molecular weight excluding hydrogens is 356 g/mol. The van der Waals surface area contributed by atoms with Crippen molar-refractivity contribution in [2.24, 2.45) is 4.99 Å². The SMILES string of the molecule is Cc1cccc(CN2C(=O)CN=C(c3ccccc3)c3cc(Cl)ccc32)c1. The number of aryl methyl sites for hydroxylation is 1. The molecule has 0 spiro atoms. The monoisotopic (exact) mass is 374 g/mol. The molecule has 1 aliphatic rings. The number of nitrogens with zero attached hydrogens (tertiary/aromatic N) is 2. The third-order valence-corrected chi connectivity index (χ3v) is 4.88. The van der Waals surface area contributed by atoms with Crippen molar-refractivity contribution in [3.63, 3.8) is 0 Å². The number of carbonyl (C=O) groups is 1. The highest BCUT2D eigenvalue weighted by Crippen LogP contribution is 2.30. The van der Waals surface area contributed by atoms with Crippen molar-refractivity contribution < 1.29 is 4.79 Å². The smallest absolute Gasteiger partial charge is 0.248 e. The van der Waals surface area contributed by atoms with Crippen molar-refractivity contribution in [1.29, 1.82) is 0 Å². The third kappa shape index (κ3) is 3.64. The Morgan fingerprint density at radius 2 is 1.81 bits per heavy atom. The van der Waals surface area contributed by atoms with Crippen molar-refractivity contribution >= 4 is 28.9 Å². The Morgan fingerprint density at radius 1 is 1.00 bits per heavy atom. The van der Waals surface area contributed by atoms with Gasteiger partial charge in [0, 0.05) is 16.1 Å². The maximum atomic E-state index is 12.9. The zero-order valence-electron chi connectivity index (χ0n) is 15.0. The number of aliphatic imine (C=N–C) groups is 1. The van der Waals surface area contributed by atoms with Crippen LogP contribution in [-0.2, 0) is 11.3 Å². The fourth-order valence-corrected chi connectivity index (χ4v) is 3.57. The first-order valence-corrected chi connectivity index (χ1v) is 9.25. The summed E-state index contributed by atoms with van der Waals surface area (Å²) >= 11 is 6.29. The van der Waals surface area contributed by atoms with Crippen LogP contribution in [0.3, 0.4) is 0 Å². The molecule has 0 atom stereocenters. The fraction of sp³-hybridized carbons (Fsp3) is 0.130. The number of rotatable bonds is 3. The van der Waals surface area contributed by atoms with Crippen molar-refractivity contribution in [2.75, 3.05) is 11.4 Å². The number of hydrogen-bond acceptors (Lipinski definition) is 2. The van der Waals surface area contributed by atoms with E-state index in [1.54, 1.807) is 4.90 Å². The molecule has 4 heteroatoms. The summed E-state index contributed by atoms with van der Waals surface area (Å²) in [5, 5.41) is 0.627. The summed E-state index contributed by atoms with van der Waals surface area (Å²) < 4.78 is 0. The van der Waals surface area contributed by atoms with Crippen molar-refractivity contribution in [2.45, 2.75) is 13.5 Å². The van der Waals surface area contributed by atoms with E-state index in [-0.39, 0.29) is 12.5 Å². The van der Waals surface area contributed by atoms with Gasteiger partial charge in [-0.2, -0.15) is 0 Å². The van der Waals surface area contributed by atoms with E-state index in [2.05, 4.69) is 24.0 Å². The minimum Gasteiger partial charge on any atom is -0.306 e. The second kappa shape index (κ2) is 7.37. The lowest BCUT2D eigenvalue weighted by Gasteiger charge is -2.23. The Labute approximate surface area is 163 Å². The maximum Gasteiger partial charge on any atom is 0.248 e. The molecule has 3 nitrogen and oxygen atoms in total. The molecule has 0 radical (unpaired) electrons. The van der Waals surface area contributed by atoms with Crippen LogP contribution >= 0.6 is 11.6 Å². The van der Waals surface area contributed by atoms with Gasteiger partial charge in [0.15, 0.2) is 0 Å². The van der Waals surface area contributed by atoms with Crippen LogP contribution in [-0.4, -0.2) is 18.2 Å². The topological polar surface area (TPSA) is 32.7 Å². The highest BCUT2D eigenvalue weighted by atomic mass is 35.5. The van der Waals surface area contributed by atoms with Crippen LogP contribution in [0.25, 0.3) is 0 Å². The van der Waals surface area contributed by atoms with Crippen LogP contribution < -0.4 is 4.90 Å². The number of anilines is 1. The summed E-state index contributed by atoms with van der Waals surface area (Å²) in [6, 6.07) is 23.8. The molecule has 0 aromatic heterocycles. The zero-order valence-corrected chi connectivity index (χ0v) is 15.8. The first kappa shape index (κ1) is 17.5. The summed E-state index contributed by atoms with van der Waals surface area (Å²) in [4.78, 5) is 19.4. The van der Waals surface area contributed by atoms with Crippen LogP contribution in [0.2, 0.25) is 5.02 Å². The minimum absolute atomic E-state index is 0.0222. The second-order valence-corrected chi connectivity index (χ2v) is 7.10. The lowest BCUT2D eigenvalue weighted by molar-refractivity contribution is -0.117. The Balaban J connectivity index is 1.82. The lowest BCUT2D eigenvalue weighted by Crippen LogP contribution is -2.32. The molecule has 0 aliphatic carbocycles. The standard InChI is InChI=1S/C23H19ClN2O/c1-16-6-5-7-17(12-16)15-26-21-11-10-19(24)13-20(21)23(25-14-22(26)27)18-8-3-2-4-9-18/h2-13H,14-15H2,1H3. The molecule has 0 saturated heterocycles. The van der Waals surface area contributed by atoms with E-state index in [1.807, 2.05) is 60.7 Å². The quantitative estimate of drug-likeness (QED) is 0.632. The van der Waals surface area contributed by atoms with E-state index < -0.39 is 0 Å². The normalized spacial score (nSPS) is 13.8. The summed E-state index contributed by atoms with van der Waals surface area (Å²) in [5.74, 6) is -0.0222. The Bertz CT molecular complexity index is 1030. The Morgan fingerprint density at radius 3 is 2.59 bits per heavy atom.